The van der Waals surface area contributed by atoms with E-state index in [2.05, 4.69) is 19.2 Å². The van der Waals surface area contributed by atoms with E-state index in [1.54, 1.807) is 20.3 Å². The summed E-state index contributed by atoms with van der Waals surface area (Å²) in [6, 6.07) is 9.09. The van der Waals surface area contributed by atoms with Crippen molar-refractivity contribution in [2.75, 3.05) is 14.2 Å². The number of halogens is 1. The van der Waals surface area contributed by atoms with Crippen LogP contribution in [-0.2, 0) is 16.0 Å². The highest BCUT2D eigenvalue weighted by Crippen LogP contribution is 2.66. The number of fused-ring (bicyclic) bond motifs is 3. The summed E-state index contributed by atoms with van der Waals surface area (Å²) in [4.78, 5) is 26.8. The van der Waals surface area contributed by atoms with Crippen molar-refractivity contribution >= 4 is 23.3 Å². The Balaban J connectivity index is 1.60. The van der Waals surface area contributed by atoms with Crippen LogP contribution in [0, 0.1) is 22.7 Å². The van der Waals surface area contributed by atoms with E-state index in [4.69, 9.17) is 25.8 Å². The molecule has 1 spiro atoms. The molecule has 0 bridgehead atoms. The number of ether oxygens (including phenoxy) is 3. The molecule has 2 fully saturated rings. The smallest absolute Gasteiger partial charge is 0.252 e. The van der Waals surface area contributed by atoms with Gasteiger partial charge in [0.25, 0.3) is 5.91 Å². The monoisotopic (exact) mass is 537 g/mol. The van der Waals surface area contributed by atoms with Crippen LogP contribution >= 0.6 is 11.6 Å². The standard InChI is InChI=1S/C31H36ClNO5/c1-16-11-12-23-29(2,3)27(34)22(37-6)15-31(23)30(16,4)14-19-20(32)13-18-24(26(19)38-31)25(33-28(18)35)17-9-7-8-10-21(17)36-5/h7-10,13,16,22-23,25H,11-12,14-15H2,1-6H3,(H,33,35)/t16-,22+,23-,25?,30+,31-/m0/s1. The molecule has 2 aliphatic carbocycles. The fourth-order valence-electron chi connectivity index (χ4n) is 8.21. The summed E-state index contributed by atoms with van der Waals surface area (Å²) in [6.07, 6.45) is 2.56. The van der Waals surface area contributed by atoms with Crippen LogP contribution in [-0.4, -0.2) is 37.6 Å². The lowest BCUT2D eigenvalue weighted by molar-refractivity contribution is -0.226. The second-order valence-corrected chi connectivity index (χ2v) is 12.8. The highest BCUT2D eigenvalue weighted by atomic mass is 35.5. The molecule has 4 aliphatic rings. The molecule has 1 amide bonds. The molecule has 6 rings (SSSR count). The molecule has 1 N–H and O–H groups in total. The number of nitrogens with one attached hydrogen (secondary N) is 1. The van der Waals surface area contributed by atoms with Gasteiger partial charge in [-0.15, -0.1) is 0 Å². The van der Waals surface area contributed by atoms with Crippen molar-refractivity contribution in [1.29, 1.82) is 0 Å². The van der Waals surface area contributed by atoms with Gasteiger partial charge in [0.15, 0.2) is 5.78 Å². The highest BCUT2D eigenvalue weighted by Gasteiger charge is 2.70. The van der Waals surface area contributed by atoms with E-state index in [0.29, 0.717) is 40.8 Å². The number of carbonyl (C=O) groups is 2. The van der Waals surface area contributed by atoms with Gasteiger partial charge in [-0.2, -0.15) is 0 Å². The number of Topliss-reactive ketones (excluding diaryl/α,β-unsaturated/α-hetero) is 1. The lowest BCUT2D eigenvalue weighted by Crippen LogP contribution is -2.72. The molecular formula is C31H36ClNO5. The maximum atomic E-state index is 13.6. The van der Waals surface area contributed by atoms with Crippen molar-refractivity contribution in [2.45, 2.75) is 71.1 Å². The summed E-state index contributed by atoms with van der Waals surface area (Å²) in [7, 11) is 3.25. The zero-order valence-corrected chi connectivity index (χ0v) is 23.7. The third-order valence-corrected chi connectivity index (χ3v) is 10.9. The van der Waals surface area contributed by atoms with E-state index < -0.39 is 23.2 Å². The van der Waals surface area contributed by atoms with Crippen molar-refractivity contribution in [2.24, 2.45) is 22.7 Å². The minimum atomic E-state index is -0.648. The summed E-state index contributed by atoms with van der Waals surface area (Å²) < 4.78 is 18.9. The first-order valence-corrected chi connectivity index (χ1v) is 13.9. The van der Waals surface area contributed by atoms with E-state index in [9.17, 15) is 9.59 Å². The van der Waals surface area contributed by atoms with Gasteiger partial charge >= 0.3 is 0 Å². The molecule has 38 heavy (non-hydrogen) atoms. The molecular weight excluding hydrogens is 502 g/mol. The van der Waals surface area contributed by atoms with Crippen molar-refractivity contribution in [1.82, 2.24) is 5.32 Å². The van der Waals surface area contributed by atoms with Gasteiger partial charge in [0.05, 0.1) is 18.7 Å². The van der Waals surface area contributed by atoms with E-state index in [-0.39, 0.29) is 23.0 Å². The molecule has 2 saturated carbocycles. The number of rotatable bonds is 3. The average Bonchev–Trinajstić information content (AvgIpc) is 3.22. The van der Waals surface area contributed by atoms with Crippen LogP contribution in [0.3, 0.4) is 0 Å². The van der Waals surface area contributed by atoms with Crippen LogP contribution in [0.15, 0.2) is 30.3 Å². The van der Waals surface area contributed by atoms with Gasteiger partial charge < -0.3 is 19.5 Å². The van der Waals surface area contributed by atoms with Crippen molar-refractivity contribution in [3.63, 3.8) is 0 Å². The molecule has 6 nitrogen and oxygen atoms in total. The Hall–Kier alpha value is -2.57. The van der Waals surface area contributed by atoms with E-state index in [1.165, 1.54) is 0 Å². The van der Waals surface area contributed by atoms with Gasteiger partial charge in [-0.05, 0) is 37.3 Å². The number of para-hydroxylation sites is 1. The summed E-state index contributed by atoms with van der Waals surface area (Å²) >= 11 is 6.93. The summed E-state index contributed by atoms with van der Waals surface area (Å²) in [5.41, 5.74) is 1.59. The van der Waals surface area contributed by atoms with Crippen LogP contribution in [0.1, 0.15) is 80.0 Å². The molecule has 6 atom stereocenters. The number of carbonyl (C=O) groups excluding carboxylic acids is 2. The number of hydrogen-bond acceptors (Lipinski definition) is 5. The number of ketones is 1. The van der Waals surface area contributed by atoms with Crippen molar-refractivity contribution in [3.8, 4) is 11.5 Å². The first-order valence-electron chi connectivity index (χ1n) is 13.5. The average molecular weight is 538 g/mol. The molecule has 2 aliphatic heterocycles. The Morgan fingerprint density at radius 2 is 1.84 bits per heavy atom. The zero-order valence-electron chi connectivity index (χ0n) is 22.9. The van der Waals surface area contributed by atoms with E-state index in [1.807, 2.05) is 38.1 Å². The summed E-state index contributed by atoms with van der Waals surface area (Å²) in [5, 5.41) is 3.70. The Morgan fingerprint density at radius 1 is 1.11 bits per heavy atom. The van der Waals surface area contributed by atoms with Crippen LogP contribution in [0.2, 0.25) is 5.02 Å². The first kappa shape index (κ1) is 25.7. The third-order valence-electron chi connectivity index (χ3n) is 10.5. The van der Waals surface area contributed by atoms with Gasteiger partial charge in [0.1, 0.15) is 23.2 Å². The number of benzene rings is 2. The van der Waals surface area contributed by atoms with Gasteiger partial charge in [0.2, 0.25) is 0 Å². The Kier molecular flexibility index (Phi) is 5.72. The maximum Gasteiger partial charge on any atom is 0.252 e. The summed E-state index contributed by atoms with van der Waals surface area (Å²) in [6.45, 7) is 8.69. The van der Waals surface area contributed by atoms with Gasteiger partial charge in [-0.1, -0.05) is 57.5 Å². The minimum absolute atomic E-state index is 0.00709. The maximum absolute atomic E-state index is 13.6. The molecule has 2 aromatic carbocycles. The Bertz CT molecular complexity index is 1350. The molecule has 2 heterocycles. The molecule has 0 radical (unpaired) electrons. The molecule has 0 saturated heterocycles. The van der Waals surface area contributed by atoms with E-state index >= 15 is 0 Å². The molecule has 2 aromatic rings. The number of methoxy groups -OCH3 is 2. The molecule has 202 valence electrons. The van der Waals surface area contributed by atoms with Crippen molar-refractivity contribution < 1.29 is 23.8 Å². The minimum Gasteiger partial charge on any atom is -0.496 e. The predicted molar refractivity (Wildman–Crippen MR) is 145 cm³/mol. The fraction of sp³-hybridized carbons (Fsp3) is 0.548. The quantitative estimate of drug-likeness (QED) is 0.526. The second-order valence-electron chi connectivity index (χ2n) is 12.4. The zero-order chi connectivity index (χ0) is 27.2. The predicted octanol–water partition coefficient (Wildman–Crippen LogP) is 5.92. The second kappa shape index (κ2) is 8.46. The molecule has 7 heteroatoms. The van der Waals surface area contributed by atoms with E-state index in [0.717, 1.165) is 29.5 Å². The Labute approximate surface area is 229 Å². The van der Waals surface area contributed by atoms with Gasteiger partial charge in [-0.3, -0.25) is 9.59 Å². The largest absolute Gasteiger partial charge is 0.496 e. The number of amides is 1. The topological polar surface area (TPSA) is 73.9 Å². The first-order chi connectivity index (χ1) is 18.0. The Morgan fingerprint density at radius 3 is 2.55 bits per heavy atom. The van der Waals surface area contributed by atoms with Crippen LogP contribution < -0.4 is 14.8 Å². The van der Waals surface area contributed by atoms with Crippen molar-refractivity contribution in [3.05, 3.63) is 57.6 Å². The number of hydrogen-bond donors (Lipinski definition) is 1. The van der Waals surface area contributed by atoms with Crippen LogP contribution in [0.25, 0.3) is 0 Å². The van der Waals surface area contributed by atoms with Crippen LogP contribution in [0.4, 0.5) is 0 Å². The van der Waals surface area contributed by atoms with Gasteiger partial charge in [0, 0.05) is 52.0 Å². The lowest BCUT2D eigenvalue weighted by atomic mass is 9.43. The summed E-state index contributed by atoms with van der Waals surface area (Å²) in [5.74, 6) is 1.69. The third kappa shape index (κ3) is 3.16. The lowest BCUT2D eigenvalue weighted by Gasteiger charge is -2.66. The SMILES string of the molecule is COc1ccccc1C1NC(=O)c2cc(Cl)c3c(c21)O[C@@]12C[C@@H](OC)C(=O)C(C)(C)[C@@H]1CC[C@H](C)[C@@]2(C)C3. The molecule has 0 aromatic heterocycles. The highest BCUT2D eigenvalue weighted by molar-refractivity contribution is 6.32. The fourth-order valence-corrected chi connectivity index (χ4v) is 8.47. The molecule has 1 unspecified atom stereocenters. The van der Waals surface area contributed by atoms with Gasteiger partial charge in [-0.25, -0.2) is 0 Å². The van der Waals surface area contributed by atoms with Crippen LogP contribution in [0.5, 0.6) is 11.5 Å². The normalized spacial score (nSPS) is 34.8.